The molecule has 164 valence electrons. The molecule has 0 bridgehead atoms. The fourth-order valence-corrected chi connectivity index (χ4v) is 4.64. The Morgan fingerprint density at radius 1 is 1.09 bits per heavy atom. The zero-order chi connectivity index (χ0) is 22.2. The molecule has 5 heteroatoms. The molecule has 4 rings (SSSR count). The summed E-state index contributed by atoms with van der Waals surface area (Å²) in [5.74, 6) is 0.109. The van der Waals surface area contributed by atoms with E-state index in [0.29, 0.717) is 19.5 Å². The van der Waals surface area contributed by atoms with Crippen LogP contribution in [0.1, 0.15) is 24.1 Å². The molecule has 1 N–H and O–H groups in total. The van der Waals surface area contributed by atoms with Crippen LogP contribution in [0.2, 0.25) is 0 Å². The third kappa shape index (κ3) is 5.29. The third-order valence-electron chi connectivity index (χ3n) is 6.14. The van der Waals surface area contributed by atoms with Crippen LogP contribution < -0.4 is 5.32 Å². The van der Waals surface area contributed by atoms with Gasteiger partial charge in [0, 0.05) is 38.2 Å². The highest BCUT2D eigenvalue weighted by Crippen LogP contribution is 2.35. The lowest BCUT2D eigenvalue weighted by Crippen LogP contribution is -2.53. The largest absolute Gasteiger partial charge is 0.352 e. The van der Waals surface area contributed by atoms with Crippen molar-refractivity contribution in [3.8, 4) is 11.1 Å². The Morgan fingerprint density at radius 3 is 2.75 bits per heavy atom. The number of hydrogen-bond donors (Lipinski definition) is 1. The number of aromatic nitrogens is 2. The van der Waals surface area contributed by atoms with Crippen LogP contribution in [0.5, 0.6) is 0 Å². The first-order chi connectivity index (χ1) is 15.7. The summed E-state index contributed by atoms with van der Waals surface area (Å²) >= 11 is 0. The Labute approximate surface area is 190 Å². The molecule has 32 heavy (non-hydrogen) atoms. The van der Waals surface area contributed by atoms with Crippen LogP contribution in [-0.2, 0) is 17.8 Å². The summed E-state index contributed by atoms with van der Waals surface area (Å²) in [4.78, 5) is 24.4. The molecule has 0 aliphatic carbocycles. The number of nitrogens with zero attached hydrogens (tertiary/aromatic N) is 3. The summed E-state index contributed by atoms with van der Waals surface area (Å²) < 4.78 is 0. The van der Waals surface area contributed by atoms with E-state index in [-0.39, 0.29) is 5.91 Å². The predicted molar refractivity (Wildman–Crippen MR) is 128 cm³/mol. The smallest absolute Gasteiger partial charge is 0.228 e. The van der Waals surface area contributed by atoms with Crippen molar-refractivity contribution in [1.82, 2.24) is 20.2 Å². The Bertz CT molecular complexity index is 1040. The molecule has 0 spiro atoms. The monoisotopic (exact) mass is 426 g/mol. The minimum atomic E-state index is -0.479. The second-order valence-electron chi connectivity index (χ2n) is 8.53. The zero-order valence-electron chi connectivity index (χ0n) is 18.4. The molecule has 1 atom stereocenters. The summed E-state index contributed by atoms with van der Waals surface area (Å²) in [5, 5.41) is 3.09. The first kappa shape index (κ1) is 21.9. The van der Waals surface area contributed by atoms with Gasteiger partial charge in [-0.1, -0.05) is 36.4 Å². The van der Waals surface area contributed by atoms with Crippen molar-refractivity contribution in [2.75, 3.05) is 19.6 Å². The minimum Gasteiger partial charge on any atom is -0.352 e. The molecule has 2 aromatic heterocycles. The Kier molecular flexibility index (Phi) is 7.07. The summed E-state index contributed by atoms with van der Waals surface area (Å²) in [7, 11) is 0. The molecule has 1 saturated heterocycles. The predicted octanol–water partition coefficient (Wildman–Crippen LogP) is 4.27. The van der Waals surface area contributed by atoms with Gasteiger partial charge in [-0.15, -0.1) is 6.58 Å². The maximum Gasteiger partial charge on any atom is 0.228 e. The molecule has 0 saturated carbocycles. The average molecular weight is 427 g/mol. The lowest BCUT2D eigenvalue weighted by Gasteiger charge is -2.42. The number of benzene rings is 1. The summed E-state index contributed by atoms with van der Waals surface area (Å²) in [6, 6.07) is 18.5. The van der Waals surface area contributed by atoms with Crippen molar-refractivity contribution in [2.24, 2.45) is 5.41 Å². The molecule has 0 radical (unpaired) electrons. The molecular weight excluding hydrogens is 396 g/mol. The van der Waals surface area contributed by atoms with E-state index in [1.54, 1.807) is 6.08 Å². The van der Waals surface area contributed by atoms with E-state index >= 15 is 0 Å². The highest BCUT2D eigenvalue weighted by molar-refractivity contribution is 5.83. The summed E-state index contributed by atoms with van der Waals surface area (Å²) in [6.07, 6.45) is 9.74. The molecule has 3 heterocycles. The first-order valence-electron chi connectivity index (χ1n) is 11.2. The summed E-state index contributed by atoms with van der Waals surface area (Å²) in [5.41, 5.74) is 4.01. The van der Waals surface area contributed by atoms with Crippen molar-refractivity contribution in [2.45, 2.75) is 25.8 Å². The van der Waals surface area contributed by atoms with Gasteiger partial charge in [-0.05, 0) is 66.8 Å². The molecule has 1 aromatic carbocycles. The molecular formula is C27H30N4O. The van der Waals surface area contributed by atoms with Gasteiger partial charge in [0.15, 0.2) is 0 Å². The van der Waals surface area contributed by atoms with Crippen LogP contribution >= 0.6 is 0 Å². The Morgan fingerprint density at radius 2 is 1.97 bits per heavy atom. The van der Waals surface area contributed by atoms with Crippen molar-refractivity contribution in [3.63, 3.8) is 0 Å². The van der Waals surface area contributed by atoms with Gasteiger partial charge in [0.2, 0.25) is 5.91 Å². The number of hydrogen-bond acceptors (Lipinski definition) is 4. The second kappa shape index (κ2) is 10.3. The van der Waals surface area contributed by atoms with Gasteiger partial charge >= 0.3 is 0 Å². The average Bonchev–Trinajstić information content (AvgIpc) is 2.84. The van der Waals surface area contributed by atoms with Gasteiger partial charge in [-0.3, -0.25) is 19.7 Å². The quantitative estimate of drug-likeness (QED) is 0.547. The molecule has 1 amide bonds. The van der Waals surface area contributed by atoms with E-state index in [0.717, 1.165) is 42.8 Å². The van der Waals surface area contributed by atoms with E-state index in [1.807, 2.05) is 48.9 Å². The van der Waals surface area contributed by atoms with Crippen LogP contribution in [0, 0.1) is 5.41 Å². The van der Waals surface area contributed by atoms with Crippen LogP contribution in [0.4, 0.5) is 0 Å². The van der Waals surface area contributed by atoms with Crippen LogP contribution in [-0.4, -0.2) is 40.4 Å². The van der Waals surface area contributed by atoms with Gasteiger partial charge in [-0.25, -0.2) is 0 Å². The van der Waals surface area contributed by atoms with Crippen LogP contribution in [0.25, 0.3) is 11.1 Å². The fourth-order valence-electron chi connectivity index (χ4n) is 4.64. The lowest BCUT2D eigenvalue weighted by atomic mass is 9.74. The number of likely N-dealkylation sites (tertiary alicyclic amines) is 1. The van der Waals surface area contributed by atoms with Crippen molar-refractivity contribution in [1.29, 1.82) is 0 Å². The Balaban J connectivity index is 1.59. The molecule has 3 aromatic rings. The van der Waals surface area contributed by atoms with Gasteiger partial charge in [0.25, 0.3) is 0 Å². The van der Waals surface area contributed by atoms with Crippen molar-refractivity contribution >= 4 is 5.91 Å². The lowest BCUT2D eigenvalue weighted by molar-refractivity contribution is -0.134. The van der Waals surface area contributed by atoms with E-state index in [2.05, 4.69) is 51.0 Å². The van der Waals surface area contributed by atoms with Crippen LogP contribution in [0.3, 0.4) is 0 Å². The van der Waals surface area contributed by atoms with Crippen LogP contribution in [0.15, 0.2) is 85.8 Å². The van der Waals surface area contributed by atoms with Gasteiger partial charge in [-0.2, -0.15) is 0 Å². The van der Waals surface area contributed by atoms with E-state index in [1.165, 1.54) is 5.56 Å². The molecule has 1 fully saturated rings. The third-order valence-corrected chi connectivity index (χ3v) is 6.14. The number of amides is 1. The maximum absolute atomic E-state index is 13.4. The zero-order valence-corrected chi connectivity index (χ0v) is 18.4. The number of carbonyl (C=O) groups excluding carboxylic acids is 1. The molecule has 1 unspecified atom stereocenters. The normalized spacial score (nSPS) is 18.8. The SMILES string of the molecule is C=CCNC(=O)C1(Cc2cccc(-c3ccncc3)c2)CCCN(Cc2ccccn2)C1. The molecule has 1 aliphatic heterocycles. The minimum absolute atomic E-state index is 0.109. The highest BCUT2D eigenvalue weighted by Gasteiger charge is 2.42. The molecule has 1 aliphatic rings. The number of nitrogens with one attached hydrogen (secondary N) is 1. The number of rotatable bonds is 8. The first-order valence-corrected chi connectivity index (χ1v) is 11.2. The highest BCUT2D eigenvalue weighted by atomic mass is 16.2. The second-order valence-corrected chi connectivity index (χ2v) is 8.53. The maximum atomic E-state index is 13.4. The van der Waals surface area contributed by atoms with E-state index in [4.69, 9.17) is 0 Å². The fraction of sp³-hybridized carbons (Fsp3) is 0.296. The van der Waals surface area contributed by atoms with Crippen molar-refractivity contribution < 1.29 is 4.79 Å². The van der Waals surface area contributed by atoms with E-state index < -0.39 is 5.41 Å². The summed E-state index contributed by atoms with van der Waals surface area (Å²) in [6.45, 7) is 6.69. The number of piperidine rings is 1. The standard InChI is InChI=1S/C27H30N4O/c1-2-13-30-26(32)27(12-6-17-31(21-27)20-25-9-3-4-14-29-25)19-22-7-5-8-24(18-22)23-10-15-28-16-11-23/h2-5,7-11,14-16,18H,1,6,12-13,17,19-21H2,(H,30,32). The van der Waals surface area contributed by atoms with Crippen molar-refractivity contribution in [3.05, 3.63) is 97.1 Å². The van der Waals surface area contributed by atoms with Gasteiger partial charge in [0.05, 0.1) is 11.1 Å². The molecule has 5 nitrogen and oxygen atoms in total. The van der Waals surface area contributed by atoms with E-state index in [9.17, 15) is 4.79 Å². The van der Waals surface area contributed by atoms with Gasteiger partial charge < -0.3 is 5.32 Å². The number of pyridine rings is 2. The Hall–Kier alpha value is -3.31. The van der Waals surface area contributed by atoms with Gasteiger partial charge in [0.1, 0.15) is 0 Å². The number of carbonyl (C=O) groups is 1. The topological polar surface area (TPSA) is 58.1 Å².